The van der Waals surface area contributed by atoms with Gasteiger partial charge < -0.3 is 15.5 Å². The van der Waals surface area contributed by atoms with Gasteiger partial charge in [0.25, 0.3) is 0 Å². The van der Waals surface area contributed by atoms with Crippen molar-refractivity contribution in [1.82, 2.24) is 15.5 Å². The average Bonchev–Trinajstić information content (AvgIpc) is 2.67. The lowest BCUT2D eigenvalue weighted by Crippen LogP contribution is -2.49. The van der Waals surface area contributed by atoms with E-state index >= 15 is 0 Å². The molecular formula is C24H34N4O. The molecule has 0 radical (unpaired) electrons. The van der Waals surface area contributed by atoms with E-state index in [0.717, 1.165) is 19.5 Å². The molecule has 0 saturated heterocycles. The third-order valence-electron chi connectivity index (χ3n) is 5.34. The zero-order valence-corrected chi connectivity index (χ0v) is 18.3. The van der Waals surface area contributed by atoms with Gasteiger partial charge in [-0.25, -0.2) is 4.79 Å². The van der Waals surface area contributed by atoms with Gasteiger partial charge in [0.05, 0.1) is 6.04 Å². The molecule has 2 amide bonds. The number of rotatable bonds is 5. The third kappa shape index (κ3) is 5.73. The number of urea groups is 1. The van der Waals surface area contributed by atoms with Crippen molar-refractivity contribution in [3.05, 3.63) is 65.2 Å². The van der Waals surface area contributed by atoms with E-state index < -0.39 is 0 Å². The molecule has 0 fully saturated rings. The monoisotopic (exact) mass is 394 g/mol. The summed E-state index contributed by atoms with van der Waals surface area (Å²) in [5.41, 5.74) is 4.97. The summed E-state index contributed by atoms with van der Waals surface area (Å²) in [7, 11) is 4.10. The Morgan fingerprint density at radius 3 is 2.34 bits per heavy atom. The summed E-state index contributed by atoms with van der Waals surface area (Å²) in [4.78, 5) is 17.0. The lowest BCUT2D eigenvalue weighted by atomic mass is 9.96. The van der Waals surface area contributed by atoms with Crippen LogP contribution >= 0.6 is 0 Å². The molecule has 1 heterocycles. The van der Waals surface area contributed by atoms with Gasteiger partial charge in [0.2, 0.25) is 0 Å². The minimum Gasteiger partial charge on any atom is -0.378 e. The average molecular weight is 395 g/mol. The summed E-state index contributed by atoms with van der Waals surface area (Å²) >= 11 is 0. The molecule has 5 heteroatoms. The molecule has 29 heavy (non-hydrogen) atoms. The number of nitrogens with zero attached hydrogens (tertiary/aromatic N) is 2. The standard InChI is InChI=1S/C24H34N4O/c1-24(2,3)26-23(29)25-16-22(19-10-12-21(13-11-19)27(4)5)28-15-14-18-8-6-7-9-20(18)17-28/h6-13,22H,14-17H2,1-5H3,(H2,25,26,29)/t22-/m1/s1. The number of fused-ring (bicyclic) bond motifs is 1. The van der Waals surface area contributed by atoms with E-state index in [4.69, 9.17) is 0 Å². The molecule has 0 unspecified atom stereocenters. The van der Waals surface area contributed by atoms with E-state index in [9.17, 15) is 4.79 Å². The highest BCUT2D eigenvalue weighted by atomic mass is 16.2. The van der Waals surface area contributed by atoms with Gasteiger partial charge in [-0.3, -0.25) is 4.90 Å². The van der Waals surface area contributed by atoms with Crippen LogP contribution in [-0.4, -0.2) is 43.7 Å². The Hall–Kier alpha value is -2.53. The number of hydrogen-bond acceptors (Lipinski definition) is 3. The van der Waals surface area contributed by atoms with Crippen molar-refractivity contribution in [2.45, 2.75) is 45.3 Å². The van der Waals surface area contributed by atoms with E-state index in [0.29, 0.717) is 6.54 Å². The van der Waals surface area contributed by atoms with Crippen molar-refractivity contribution in [3.8, 4) is 0 Å². The number of nitrogens with one attached hydrogen (secondary N) is 2. The maximum Gasteiger partial charge on any atom is 0.315 e. The summed E-state index contributed by atoms with van der Waals surface area (Å²) in [5.74, 6) is 0. The number of benzene rings is 2. The normalized spacial score (nSPS) is 15.3. The smallest absolute Gasteiger partial charge is 0.315 e. The van der Waals surface area contributed by atoms with Gasteiger partial charge in [-0.2, -0.15) is 0 Å². The number of carbonyl (C=O) groups excluding carboxylic acids is 1. The maximum atomic E-state index is 12.4. The van der Waals surface area contributed by atoms with Crippen molar-refractivity contribution in [3.63, 3.8) is 0 Å². The van der Waals surface area contributed by atoms with Crippen molar-refractivity contribution in [1.29, 1.82) is 0 Å². The fraction of sp³-hybridized carbons (Fsp3) is 0.458. The molecule has 1 aliphatic rings. The van der Waals surface area contributed by atoms with Gasteiger partial charge in [0.15, 0.2) is 0 Å². The first-order valence-electron chi connectivity index (χ1n) is 10.4. The molecule has 0 saturated carbocycles. The summed E-state index contributed by atoms with van der Waals surface area (Å²) in [6, 6.07) is 17.3. The van der Waals surface area contributed by atoms with Crippen molar-refractivity contribution in [2.24, 2.45) is 0 Å². The van der Waals surface area contributed by atoms with Gasteiger partial charge in [-0.1, -0.05) is 36.4 Å². The minimum absolute atomic E-state index is 0.121. The molecule has 2 N–H and O–H groups in total. The molecule has 2 aromatic carbocycles. The predicted octanol–water partition coefficient (Wildman–Crippen LogP) is 3.95. The molecule has 0 aliphatic carbocycles. The molecule has 156 valence electrons. The van der Waals surface area contributed by atoms with Gasteiger partial charge in [0, 0.05) is 45.0 Å². The van der Waals surface area contributed by atoms with Crippen molar-refractivity contribution in [2.75, 3.05) is 32.1 Å². The predicted molar refractivity (Wildman–Crippen MR) is 120 cm³/mol. The van der Waals surface area contributed by atoms with Crippen LogP contribution in [0.25, 0.3) is 0 Å². The molecular weight excluding hydrogens is 360 g/mol. The van der Waals surface area contributed by atoms with Crippen LogP contribution < -0.4 is 15.5 Å². The van der Waals surface area contributed by atoms with Crippen molar-refractivity contribution < 1.29 is 4.79 Å². The summed E-state index contributed by atoms with van der Waals surface area (Å²) in [6.07, 6.45) is 1.04. The van der Waals surface area contributed by atoms with Gasteiger partial charge in [-0.15, -0.1) is 0 Å². The van der Waals surface area contributed by atoms with Crippen LogP contribution in [0.5, 0.6) is 0 Å². The molecule has 5 nitrogen and oxygen atoms in total. The Morgan fingerprint density at radius 1 is 1.07 bits per heavy atom. The van der Waals surface area contributed by atoms with Crippen LogP contribution in [0, 0.1) is 0 Å². The molecule has 1 aliphatic heterocycles. The Balaban J connectivity index is 1.79. The number of anilines is 1. The SMILES string of the molecule is CN(C)c1ccc([C@@H](CNC(=O)NC(C)(C)C)N2CCc3ccccc3C2)cc1. The van der Waals surface area contributed by atoms with Crippen LogP contribution in [0.15, 0.2) is 48.5 Å². The third-order valence-corrected chi connectivity index (χ3v) is 5.34. The van der Waals surface area contributed by atoms with Gasteiger partial charge in [0.1, 0.15) is 0 Å². The Kier molecular flexibility index (Phi) is 6.48. The second kappa shape index (κ2) is 8.87. The number of hydrogen-bond donors (Lipinski definition) is 2. The number of amides is 2. The van der Waals surface area contributed by atoms with Crippen molar-refractivity contribution >= 4 is 11.7 Å². The van der Waals surface area contributed by atoms with E-state index in [1.54, 1.807) is 0 Å². The van der Waals surface area contributed by atoms with E-state index in [1.165, 1.54) is 22.4 Å². The molecule has 0 aromatic heterocycles. The van der Waals surface area contributed by atoms with Crippen LogP contribution in [0.2, 0.25) is 0 Å². The highest BCUT2D eigenvalue weighted by molar-refractivity contribution is 5.74. The maximum absolute atomic E-state index is 12.4. The molecule has 0 bridgehead atoms. The topological polar surface area (TPSA) is 47.6 Å². The fourth-order valence-corrected chi connectivity index (χ4v) is 3.81. The second-order valence-electron chi connectivity index (χ2n) is 9.08. The highest BCUT2D eigenvalue weighted by Gasteiger charge is 2.25. The molecule has 2 aromatic rings. The molecule has 0 spiro atoms. The zero-order valence-electron chi connectivity index (χ0n) is 18.3. The first kappa shape index (κ1) is 21.2. The van der Waals surface area contributed by atoms with Crippen LogP contribution in [0.1, 0.15) is 43.5 Å². The number of carbonyl (C=O) groups is 1. The molecule has 1 atom stereocenters. The summed E-state index contributed by atoms with van der Waals surface area (Å²) in [6.45, 7) is 8.44. The first-order valence-corrected chi connectivity index (χ1v) is 10.4. The Morgan fingerprint density at radius 2 is 1.72 bits per heavy atom. The van der Waals surface area contributed by atoms with Crippen LogP contribution in [-0.2, 0) is 13.0 Å². The fourth-order valence-electron chi connectivity index (χ4n) is 3.81. The Labute approximate surface area is 175 Å². The van der Waals surface area contributed by atoms with E-state index in [2.05, 4.69) is 69.0 Å². The van der Waals surface area contributed by atoms with Gasteiger partial charge in [-0.05, 0) is 56.0 Å². The highest BCUT2D eigenvalue weighted by Crippen LogP contribution is 2.28. The summed E-state index contributed by atoms with van der Waals surface area (Å²) in [5, 5.41) is 6.09. The van der Waals surface area contributed by atoms with E-state index in [1.807, 2.05) is 34.9 Å². The second-order valence-corrected chi connectivity index (χ2v) is 9.08. The van der Waals surface area contributed by atoms with Crippen LogP contribution in [0.3, 0.4) is 0 Å². The Bertz CT molecular complexity index is 824. The minimum atomic E-state index is -0.253. The lowest BCUT2D eigenvalue weighted by molar-refractivity contribution is 0.173. The van der Waals surface area contributed by atoms with Crippen LogP contribution in [0.4, 0.5) is 10.5 Å². The van der Waals surface area contributed by atoms with E-state index in [-0.39, 0.29) is 17.6 Å². The largest absolute Gasteiger partial charge is 0.378 e. The quantitative estimate of drug-likeness (QED) is 0.807. The molecule has 3 rings (SSSR count). The zero-order chi connectivity index (χ0) is 21.0. The van der Waals surface area contributed by atoms with Gasteiger partial charge >= 0.3 is 6.03 Å². The lowest BCUT2D eigenvalue weighted by Gasteiger charge is -2.36. The first-order chi connectivity index (χ1) is 13.7. The summed E-state index contributed by atoms with van der Waals surface area (Å²) < 4.78 is 0.